The molecule has 7 heteroatoms. The molecule has 1 aliphatic heterocycles. The smallest absolute Gasteiger partial charge is 0.253 e. The first-order valence-electron chi connectivity index (χ1n) is 9.13. The number of piperidine rings is 1. The fourth-order valence-electron chi connectivity index (χ4n) is 3.26. The number of carbonyl (C=O) groups excluding carboxylic acids is 2. The van der Waals surface area contributed by atoms with Crippen LogP contribution in [-0.4, -0.2) is 36.9 Å². The normalized spacial score (nSPS) is 16.5. The maximum absolute atomic E-state index is 13.4. The van der Waals surface area contributed by atoms with E-state index in [4.69, 9.17) is 4.74 Å². The zero-order valence-electron chi connectivity index (χ0n) is 15.6. The van der Waals surface area contributed by atoms with Gasteiger partial charge in [0.2, 0.25) is 5.91 Å². The summed E-state index contributed by atoms with van der Waals surface area (Å²) in [4.78, 5) is 26.6. The van der Waals surface area contributed by atoms with Gasteiger partial charge in [0.05, 0.1) is 13.0 Å². The fourth-order valence-corrected chi connectivity index (χ4v) is 3.26. The molecule has 0 aliphatic carbocycles. The molecule has 0 bridgehead atoms. The van der Waals surface area contributed by atoms with Crippen molar-refractivity contribution >= 4 is 11.8 Å². The van der Waals surface area contributed by atoms with Crippen molar-refractivity contribution in [3.8, 4) is 5.75 Å². The lowest BCUT2D eigenvalue weighted by Gasteiger charge is -2.32. The number of ether oxygens (including phenoxy) is 1. The number of hydrogen-bond acceptors (Lipinski definition) is 3. The Labute approximate surface area is 162 Å². The van der Waals surface area contributed by atoms with Gasteiger partial charge >= 0.3 is 0 Å². The number of rotatable bonds is 5. The van der Waals surface area contributed by atoms with Crippen molar-refractivity contribution in [2.75, 3.05) is 20.2 Å². The number of likely N-dealkylation sites (tertiary alicyclic amines) is 1. The Balaban J connectivity index is 1.57. The van der Waals surface area contributed by atoms with Crippen molar-refractivity contribution in [2.45, 2.75) is 19.4 Å². The van der Waals surface area contributed by atoms with Crippen LogP contribution in [0.25, 0.3) is 0 Å². The third-order valence-electron chi connectivity index (χ3n) is 4.87. The van der Waals surface area contributed by atoms with E-state index in [0.717, 1.165) is 23.4 Å². The maximum Gasteiger partial charge on any atom is 0.253 e. The van der Waals surface area contributed by atoms with Crippen molar-refractivity contribution in [1.82, 2.24) is 10.2 Å². The second kappa shape index (κ2) is 8.82. The number of amides is 2. The minimum absolute atomic E-state index is 0.0817. The Morgan fingerprint density at radius 3 is 2.57 bits per heavy atom. The number of halogens is 2. The Morgan fingerprint density at radius 1 is 1.14 bits per heavy atom. The maximum atomic E-state index is 13.4. The monoisotopic (exact) mass is 388 g/mol. The Hall–Kier alpha value is -2.96. The van der Waals surface area contributed by atoms with Crippen LogP contribution in [0.1, 0.15) is 28.8 Å². The highest BCUT2D eigenvalue weighted by Crippen LogP contribution is 2.20. The van der Waals surface area contributed by atoms with Crippen LogP contribution in [0, 0.1) is 17.6 Å². The van der Waals surface area contributed by atoms with Crippen LogP contribution >= 0.6 is 0 Å². The lowest BCUT2D eigenvalue weighted by molar-refractivity contribution is -0.126. The number of methoxy groups -OCH3 is 1. The average Bonchev–Trinajstić information content (AvgIpc) is 2.74. The van der Waals surface area contributed by atoms with E-state index in [-0.39, 0.29) is 23.9 Å². The summed E-state index contributed by atoms with van der Waals surface area (Å²) in [6.45, 7) is 1.13. The zero-order valence-corrected chi connectivity index (χ0v) is 15.6. The van der Waals surface area contributed by atoms with Crippen LogP contribution in [0.5, 0.6) is 5.75 Å². The van der Waals surface area contributed by atoms with Gasteiger partial charge < -0.3 is 15.0 Å². The number of benzene rings is 2. The van der Waals surface area contributed by atoms with Gasteiger partial charge in [-0.15, -0.1) is 0 Å². The second-order valence-corrected chi connectivity index (χ2v) is 6.79. The molecule has 0 radical (unpaired) electrons. The van der Waals surface area contributed by atoms with Gasteiger partial charge in [-0.1, -0.05) is 12.1 Å². The zero-order chi connectivity index (χ0) is 20.1. The number of nitrogens with one attached hydrogen (secondary N) is 1. The molecule has 5 nitrogen and oxygen atoms in total. The first-order chi connectivity index (χ1) is 13.5. The molecule has 2 amide bonds. The van der Waals surface area contributed by atoms with Gasteiger partial charge in [0, 0.05) is 25.2 Å². The van der Waals surface area contributed by atoms with E-state index < -0.39 is 17.5 Å². The largest absolute Gasteiger partial charge is 0.497 e. The van der Waals surface area contributed by atoms with Gasteiger partial charge in [-0.2, -0.15) is 0 Å². The minimum Gasteiger partial charge on any atom is -0.497 e. The van der Waals surface area contributed by atoms with Crippen LogP contribution in [-0.2, 0) is 11.3 Å². The first kappa shape index (κ1) is 19.8. The van der Waals surface area contributed by atoms with Crippen molar-refractivity contribution in [3.63, 3.8) is 0 Å². The molecule has 2 aromatic rings. The molecule has 1 heterocycles. The van der Waals surface area contributed by atoms with Gasteiger partial charge in [-0.25, -0.2) is 8.78 Å². The first-order valence-corrected chi connectivity index (χ1v) is 9.13. The molecule has 0 saturated carbocycles. The summed E-state index contributed by atoms with van der Waals surface area (Å²) < 4.78 is 31.6. The van der Waals surface area contributed by atoms with Crippen LogP contribution in [0.3, 0.4) is 0 Å². The average molecular weight is 388 g/mol. The summed E-state index contributed by atoms with van der Waals surface area (Å²) in [6.07, 6.45) is 1.35. The summed E-state index contributed by atoms with van der Waals surface area (Å²) in [6, 6.07) is 10.5. The molecule has 1 N–H and O–H groups in total. The predicted octanol–water partition coefficient (Wildman–Crippen LogP) is 3.14. The summed E-state index contributed by atoms with van der Waals surface area (Å²) in [5.74, 6) is -2.16. The summed E-state index contributed by atoms with van der Waals surface area (Å²) >= 11 is 0. The molecule has 148 valence electrons. The molecule has 2 aromatic carbocycles. The quantitative estimate of drug-likeness (QED) is 0.856. The van der Waals surface area contributed by atoms with E-state index in [2.05, 4.69) is 5.32 Å². The number of hydrogen-bond donors (Lipinski definition) is 1. The van der Waals surface area contributed by atoms with Crippen molar-refractivity contribution in [3.05, 3.63) is 65.2 Å². The van der Waals surface area contributed by atoms with Crippen LogP contribution in [0.15, 0.2) is 42.5 Å². The minimum atomic E-state index is -1.06. The van der Waals surface area contributed by atoms with Crippen molar-refractivity contribution in [1.29, 1.82) is 0 Å². The highest BCUT2D eigenvalue weighted by molar-refractivity contribution is 5.94. The standard InChI is InChI=1S/C21H22F2N2O3/c1-28-17-7-4-14(5-8-17)12-24-20(26)16-3-2-10-25(13-16)21(27)15-6-9-18(22)19(23)11-15/h4-9,11,16H,2-3,10,12-13H2,1H3,(H,24,26). The molecule has 0 spiro atoms. The molecule has 1 saturated heterocycles. The molecule has 1 fully saturated rings. The number of carbonyl (C=O) groups is 2. The lowest BCUT2D eigenvalue weighted by Crippen LogP contribution is -2.45. The van der Waals surface area contributed by atoms with Gasteiger partial charge in [0.15, 0.2) is 11.6 Å². The summed E-state index contributed by atoms with van der Waals surface area (Å²) in [5.41, 5.74) is 1.03. The van der Waals surface area contributed by atoms with Crippen LogP contribution in [0.4, 0.5) is 8.78 Å². The fraction of sp³-hybridized carbons (Fsp3) is 0.333. The summed E-state index contributed by atoms with van der Waals surface area (Å²) in [7, 11) is 1.59. The molecule has 1 atom stereocenters. The van der Waals surface area contributed by atoms with Gasteiger partial charge in [0.25, 0.3) is 5.91 Å². The predicted molar refractivity (Wildman–Crippen MR) is 99.8 cm³/mol. The molecular weight excluding hydrogens is 366 g/mol. The summed E-state index contributed by atoms with van der Waals surface area (Å²) in [5, 5.41) is 2.89. The van der Waals surface area contributed by atoms with E-state index in [1.54, 1.807) is 7.11 Å². The van der Waals surface area contributed by atoms with Crippen molar-refractivity contribution in [2.24, 2.45) is 5.92 Å². The van der Waals surface area contributed by atoms with Crippen molar-refractivity contribution < 1.29 is 23.1 Å². The molecular formula is C21H22F2N2O3. The third-order valence-corrected chi connectivity index (χ3v) is 4.87. The van der Waals surface area contributed by atoms with E-state index in [1.165, 1.54) is 11.0 Å². The number of nitrogens with zero attached hydrogens (tertiary/aromatic N) is 1. The highest BCUT2D eigenvalue weighted by atomic mass is 19.2. The highest BCUT2D eigenvalue weighted by Gasteiger charge is 2.29. The topological polar surface area (TPSA) is 58.6 Å². The molecule has 0 aromatic heterocycles. The second-order valence-electron chi connectivity index (χ2n) is 6.79. The Bertz CT molecular complexity index is 855. The van der Waals surface area contributed by atoms with Crippen LogP contribution < -0.4 is 10.1 Å². The van der Waals surface area contributed by atoms with E-state index in [9.17, 15) is 18.4 Å². The van der Waals surface area contributed by atoms with Crippen LogP contribution in [0.2, 0.25) is 0 Å². The van der Waals surface area contributed by atoms with E-state index in [0.29, 0.717) is 25.9 Å². The molecule has 3 rings (SSSR count). The SMILES string of the molecule is COc1ccc(CNC(=O)C2CCCN(C(=O)c3ccc(F)c(F)c3)C2)cc1. The molecule has 1 aliphatic rings. The van der Waals surface area contributed by atoms with Gasteiger partial charge in [-0.05, 0) is 48.7 Å². The van der Waals surface area contributed by atoms with E-state index >= 15 is 0 Å². The Kier molecular flexibility index (Phi) is 6.23. The third kappa shape index (κ3) is 4.65. The molecule has 1 unspecified atom stereocenters. The Morgan fingerprint density at radius 2 is 1.89 bits per heavy atom. The molecule has 28 heavy (non-hydrogen) atoms. The van der Waals surface area contributed by atoms with E-state index in [1.807, 2.05) is 24.3 Å². The van der Waals surface area contributed by atoms with Gasteiger partial charge in [0.1, 0.15) is 5.75 Å². The van der Waals surface area contributed by atoms with Gasteiger partial charge in [-0.3, -0.25) is 9.59 Å². The lowest BCUT2D eigenvalue weighted by atomic mass is 9.96.